The number of benzene rings is 1. The number of anilines is 1. The van der Waals surface area contributed by atoms with Crippen molar-refractivity contribution in [2.45, 2.75) is 19.8 Å². The molecule has 0 bridgehead atoms. The molecule has 2 heterocycles. The second-order valence-corrected chi connectivity index (χ2v) is 4.24. The van der Waals surface area contributed by atoms with E-state index in [4.69, 9.17) is 4.52 Å². The Labute approximate surface area is 94.5 Å². The highest BCUT2D eigenvalue weighted by atomic mass is 16.5. The summed E-state index contributed by atoms with van der Waals surface area (Å²) in [6, 6.07) is 8.41. The minimum absolute atomic E-state index is 0.849. The molecule has 0 spiro atoms. The van der Waals surface area contributed by atoms with E-state index >= 15 is 0 Å². The molecule has 3 nitrogen and oxygen atoms in total. The van der Waals surface area contributed by atoms with Crippen LogP contribution in [0.1, 0.15) is 17.5 Å². The fourth-order valence-electron chi connectivity index (χ4n) is 2.09. The number of hydrogen-bond acceptors (Lipinski definition) is 3. The van der Waals surface area contributed by atoms with Gasteiger partial charge in [0.2, 0.25) is 5.88 Å². The van der Waals surface area contributed by atoms with Crippen LogP contribution < -0.4 is 5.32 Å². The number of aryl methyl sites for hydroxylation is 1. The van der Waals surface area contributed by atoms with E-state index in [9.17, 15) is 0 Å². The van der Waals surface area contributed by atoms with Crippen LogP contribution in [0.5, 0.6) is 0 Å². The van der Waals surface area contributed by atoms with Crippen molar-refractivity contribution in [1.29, 1.82) is 0 Å². The van der Waals surface area contributed by atoms with Crippen LogP contribution in [0.25, 0.3) is 11.3 Å². The van der Waals surface area contributed by atoms with E-state index in [0.29, 0.717) is 0 Å². The van der Waals surface area contributed by atoms with Crippen molar-refractivity contribution < 1.29 is 4.52 Å². The summed E-state index contributed by atoms with van der Waals surface area (Å²) >= 11 is 0. The molecule has 2 aromatic rings. The van der Waals surface area contributed by atoms with Gasteiger partial charge in [-0.3, -0.25) is 0 Å². The summed E-state index contributed by atoms with van der Waals surface area (Å²) in [6.45, 7) is 3.07. The van der Waals surface area contributed by atoms with Crippen LogP contribution in [0.3, 0.4) is 0 Å². The number of aromatic nitrogens is 1. The summed E-state index contributed by atoms with van der Waals surface area (Å²) < 4.78 is 5.31. The fourth-order valence-corrected chi connectivity index (χ4v) is 2.09. The lowest BCUT2D eigenvalue weighted by atomic mass is 10.0. The first kappa shape index (κ1) is 9.46. The Kier molecular flexibility index (Phi) is 2.17. The third-order valence-electron chi connectivity index (χ3n) is 3.00. The lowest BCUT2D eigenvalue weighted by Gasteiger charge is -2.11. The topological polar surface area (TPSA) is 38.1 Å². The number of nitrogens with zero attached hydrogens (tertiary/aromatic N) is 1. The maximum absolute atomic E-state index is 5.31. The molecule has 0 aliphatic carbocycles. The standard InChI is InChI=1S/C13H14N2O/c1-9-4-6-10(7-5-9)12-11-3-2-8-14-13(11)16-15-12/h4-7,14H,2-3,8H2,1H3. The van der Waals surface area contributed by atoms with Gasteiger partial charge in [-0.25, -0.2) is 0 Å². The SMILES string of the molecule is Cc1ccc(-c2noc3c2CCCN3)cc1. The van der Waals surface area contributed by atoms with Crippen LogP contribution in [-0.2, 0) is 6.42 Å². The molecule has 1 aliphatic rings. The molecule has 0 amide bonds. The Balaban J connectivity index is 2.06. The zero-order valence-electron chi connectivity index (χ0n) is 9.29. The molecule has 0 saturated carbocycles. The summed E-state index contributed by atoms with van der Waals surface area (Å²) in [6.07, 6.45) is 2.20. The lowest BCUT2D eigenvalue weighted by molar-refractivity contribution is 0.431. The monoisotopic (exact) mass is 214 g/mol. The van der Waals surface area contributed by atoms with Gasteiger partial charge in [-0.05, 0) is 19.8 Å². The van der Waals surface area contributed by atoms with E-state index < -0.39 is 0 Å². The molecule has 3 rings (SSSR count). The fraction of sp³-hybridized carbons (Fsp3) is 0.308. The molecule has 1 aromatic heterocycles. The molecular weight excluding hydrogens is 200 g/mol. The normalized spacial score (nSPS) is 14.3. The van der Waals surface area contributed by atoms with E-state index in [1.165, 1.54) is 11.1 Å². The first-order valence-corrected chi connectivity index (χ1v) is 5.64. The van der Waals surface area contributed by atoms with Crippen molar-refractivity contribution >= 4 is 5.88 Å². The zero-order chi connectivity index (χ0) is 11.0. The first-order valence-electron chi connectivity index (χ1n) is 5.64. The Morgan fingerprint density at radius 3 is 2.88 bits per heavy atom. The van der Waals surface area contributed by atoms with Gasteiger partial charge in [-0.15, -0.1) is 0 Å². The summed E-state index contributed by atoms with van der Waals surface area (Å²) in [5, 5.41) is 7.40. The van der Waals surface area contributed by atoms with Crippen LogP contribution in [0.2, 0.25) is 0 Å². The molecule has 1 N–H and O–H groups in total. The molecule has 1 aliphatic heterocycles. The molecule has 0 atom stereocenters. The van der Waals surface area contributed by atoms with Gasteiger partial charge < -0.3 is 9.84 Å². The number of rotatable bonds is 1. The second-order valence-electron chi connectivity index (χ2n) is 4.24. The van der Waals surface area contributed by atoms with Crippen molar-refractivity contribution in [2.24, 2.45) is 0 Å². The van der Waals surface area contributed by atoms with Crippen LogP contribution >= 0.6 is 0 Å². The highest BCUT2D eigenvalue weighted by Gasteiger charge is 2.19. The Hall–Kier alpha value is -1.77. The predicted molar refractivity (Wildman–Crippen MR) is 63.5 cm³/mol. The highest BCUT2D eigenvalue weighted by molar-refractivity contribution is 5.68. The summed E-state index contributed by atoms with van der Waals surface area (Å²) in [4.78, 5) is 0. The van der Waals surface area contributed by atoms with Crippen LogP contribution in [0.15, 0.2) is 28.8 Å². The number of nitrogens with one attached hydrogen (secondary N) is 1. The average molecular weight is 214 g/mol. The van der Waals surface area contributed by atoms with E-state index in [-0.39, 0.29) is 0 Å². The van der Waals surface area contributed by atoms with E-state index in [1.807, 2.05) is 0 Å². The van der Waals surface area contributed by atoms with E-state index in [2.05, 4.69) is 41.7 Å². The summed E-state index contributed by atoms with van der Waals surface area (Å²) in [5.41, 5.74) is 4.61. The van der Waals surface area contributed by atoms with Gasteiger partial charge >= 0.3 is 0 Å². The van der Waals surface area contributed by atoms with Gasteiger partial charge in [0.15, 0.2) is 0 Å². The quantitative estimate of drug-likeness (QED) is 0.793. The third-order valence-corrected chi connectivity index (χ3v) is 3.00. The predicted octanol–water partition coefficient (Wildman–Crippen LogP) is 3.01. The van der Waals surface area contributed by atoms with Gasteiger partial charge in [-0.2, -0.15) is 0 Å². The molecule has 82 valence electrons. The van der Waals surface area contributed by atoms with Gasteiger partial charge in [0, 0.05) is 17.7 Å². The lowest BCUT2D eigenvalue weighted by Crippen LogP contribution is -2.09. The largest absolute Gasteiger partial charge is 0.354 e. The molecule has 1 aromatic carbocycles. The average Bonchev–Trinajstić information content (AvgIpc) is 2.74. The Morgan fingerprint density at radius 2 is 2.06 bits per heavy atom. The van der Waals surface area contributed by atoms with Gasteiger partial charge in [0.1, 0.15) is 5.69 Å². The second kappa shape index (κ2) is 3.67. The summed E-state index contributed by atoms with van der Waals surface area (Å²) in [5.74, 6) is 0.849. The van der Waals surface area contributed by atoms with Crippen molar-refractivity contribution in [3.63, 3.8) is 0 Å². The smallest absolute Gasteiger partial charge is 0.228 e. The van der Waals surface area contributed by atoms with Gasteiger partial charge in [-0.1, -0.05) is 35.0 Å². The molecule has 0 unspecified atom stereocenters. The number of fused-ring (bicyclic) bond motifs is 1. The molecular formula is C13H14N2O. The van der Waals surface area contributed by atoms with E-state index in [0.717, 1.165) is 36.5 Å². The highest BCUT2D eigenvalue weighted by Crippen LogP contribution is 2.32. The first-order chi connectivity index (χ1) is 7.84. The minimum atomic E-state index is 0.849. The third kappa shape index (κ3) is 1.48. The Morgan fingerprint density at radius 1 is 1.25 bits per heavy atom. The molecule has 0 saturated heterocycles. The summed E-state index contributed by atoms with van der Waals surface area (Å²) in [7, 11) is 0. The minimum Gasteiger partial charge on any atom is -0.354 e. The number of hydrogen-bond donors (Lipinski definition) is 1. The van der Waals surface area contributed by atoms with Gasteiger partial charge in [0.05, 0.1) is 0 Å². The maximum Gasteiger partial charge on any atom is 0.228 e. The van der Waals surface area contributed by atoms with Crippen molar-refractivity contribution in [2.75, 3.05) is 11.9 Å². The van der Waals surface area contributed by atoms with Crippen molar-refractivity contribution in [1.82, 2.24) is 5.16 Å². The van der Waals surface area contributed by atoms with Gasteiger partial charge in [0.25, 0.3) is 0 Å². The van der Waals surface area contributed by atoms with Crippen LogP contribution in [0, 0.1) is 6.92 Å². The van der Waals surface area contributed by atoms with E-state index in [1.54, 1.807) is 0 Å². The molecule has 3 heteroatoms. The van der Waals surface area contributed by atoms with Crippen LogP contribution in [0.4, 0.5) is 5.88 Å². The molecule has 16 heavy (non-hydrogen) atoms. The maximum atomic E-state index is 5.31. The molecule has 0 fully saturated rings. The van der Waals surface area contributed by atoms with Crippen molar-refractivity contribution in [3.8, 4) is 11.3 Å². The Bertz CT molecular complexity index is 499. The van der Waals surface area contributed by atoms with Crippen molar-refractivity contribution in [3.05, 3.63) is 35.4 Å². The zero-order valence-corrected chi connectivity index (χ0v) is 9.29. The van der Waals surface area contributed by atoms with Crippen LogP contribution in [-0.4, -0.2) is 11.7 Å². The molecule has 0 radical (unpaired) electrons.